The lowest BCUT2D eigenvalue weighted by molar-refractivity contribution is -0.144. The van der Waals surface area contributed by atoms with E-state index in [4.69, 9.17) is 4.74 Å². The van der Waals surface area contributed by atoms with Crippen molar-refractivity contribution in [2.45, 2.75) is 19.8 Å². The van der Waals surface area contributed by atoms with E-state index in [1.807, 2.05) is 11.8 Å². The SMILES string of the molecule is CCOc1ccnc(N2CCN(C(=O)C3(C(=O)NC)CC3)CC2)n1. The van der Waals surface area contributed by atoms with Crippen LogP contribution < -0.4 is 15.0 Å². The van der Waals surface area contributed by atoms with Gasteiger partial charge in [0.15, 0.2) is 0 Å². The van der Waals surface area contributed by atoms with Crippen LogP contribution in [0.5, 0.6) is 5.88 Å². The van der Waals surface area contributed by atoms with Gasteiger partial charge >= 0.3 is 0 Å². The number of carbonyl (C=O) groups excluding carboxylic acids is 2. The summed E-state index contributed by atoms with van der Waals surface area (Å²) in [6.45, 7) is 4.89. The second-order valence-electron chi connectivity index (χ2n) is 6.07. The van der Waals surface area contributed by atoms with Crippen molar-refractivity contribution < 1.29 is 14.3 Å². The Labute approximate surface area is 141 Å². The molecule has 2 amide bonds. The number of aromatic nitrogens is 2. The third kappa shape index (κ3) is 3.00. The molecule has 130 valence electrons. The molecule has 1 aliphatic heterocycles. The summed E-state index contributed by atoms with van der Waals surface area (Å²) in [6, 6.07) is 1.73. The number of rotatable bonds is 5. The van der Waals surface area contributed by atoms with Crippen LogP contribution >= 0.6 is 0 Å². The zero-order chi connectivity index (χ0) is 17.2. The number of piperazine rings is 1. The lowest BCUT2D eigenvalue weighted by atomic mass is 10.0. The van der Waals surface area contributed by atoms with Gasteiger partial charge in [0.2, 0.25) is 23.6 Å². The number of anilines is 1. The highest BCUT2D eigenvalue weighted by Gasteiger charge is 2.57. The van der Waals surface area contributed by atoms with E-state index >= 15 is 0 Å². The Morgan fingerprint density at radius 2 is 2.00 bits per heavy atom. The van der Waals surface area contributed by atoms with E-state index in [1.54, 1.807) is 24.2 Å². The number of ether oxygens (including phenoxy) is 1. The summed E-state index contributed by atoms with van der Waals surface area (Å²) < 4.78 is 5.40. The van der Waals surface area contributed by atoms with Crippen LogP contribution in [-0.4, -0.2) is 66.5 Å². The molecule has 24 heavy (non-hydrogen) atoms. The molecular weight excluding hydrogens is 310 g/mol. The van der Waals surface area contributed by atoms with Crippen LogP contribution in [0.3, 0.4) is 0 Å². The van der Waals surface area contributed by atoms with Gasteiger partial charge in [-0.05, 0) is 19.8 Å². The quantitative estimate of drug-likeness (QED) is 0.766. The second kappa shape index (κ2) is 6.62. The number of amides is 2. The summed E-state index contributed by atoms with van der Waals surface area (Å²) in [5.74, 6) is 0.950. The van der Waals surface area contributed by atoms with Crippen molar-refractivity contribution >= 4 is 17.8 Å². The number of nitrogens with one attached hydrogen (secondary N) is 1. The molecule has 1 aromatic heterocycles. The standard InChI is InChI=1S/C16H23N5O3/c1-3-24-12-4-7-18-15(19-12)21-10-8-20(9-11-21)14(23)16(5-6-16)13(22)17-2/h4,7H,3,5-6,8-11H2,1-2H3,(H,17,22). The maximum Gasteiger partial charge on any atom is 0.238 e. The third-order valence-corrected chi connectivity index (χ3v) is 4.58. The van der Waals surface area contributed by atoms with Gasteiger partial charge in [0.1, 0.15) is 5.41 Å². The summed E-state index contributed by atoms with van der Waals surface area (Å²) in [4.78, 5) is 37.1. The lowest BCUT2D eigenvalue weighted by Crippen LogP contribution is -2.53. The molecule has 3 rings (SSSR count). The van der Waals surface area contributed by atoms with Crippen molar-refractivity contribution in [2.75, 3.05) is 44.7 Å². The molecule has 0 unspecified atom stereocenters. The van der Waals surface area contributed by atoms with Gasteiger partial charge < -0.3 is 19.9 Å². The Morgan fingerprint density at radius 1 is 1.29 bits per heavy atom. The van der Waals surface area contributed by atoms with Crippen LogP contribution in [0.25, 0.3) is 0 Å². The third-order valence-electron chi connectivity index (χ3n) is 4.58. The highest BCUT2D eigenvalue weighted by atomic mass is 16.5. The van der Waals surface area contributed by atoms with Crippen molar-refractivity contribution in [1.82, 2.24) is 20.2 Å². The summed E-state index contributed by atoms with van der Waals surface area (Å²) in [5.41, 5.74) is -0.817. The molecule has 8 nitrogen and oxygen atoms in total. The van der Waals surface area contributed by atoms with Crippen LogP contribution in [0.4, 0.5) is 5.95 Å². The highest BCUT2D eigenvalue weighted by Crippen LogP contribution is 2.47. The van der Waals surface area contributed by atoms with Gasteiger partial charge in [-0.15, -0.1) is 0 Å². The fraction of sp³-hybridized carbons (Fsp3) is 0.625. The minimum Gasteiger partial charge on any atom is -0.478 e. The Morgan fingerprint density at radius 3 is 2.58 bits per heavy atom. The zero-order valence-corrected chi connectivity index (χ0v) is 14.1. The molecule has 1 aromatic rings. The Kier molecular flexibility index (Phi) is 4.55. The average Bonchev–Trinajstić information content (AvgIpc) is 3.43. The van der Waals surface area contributed by atoms with Crippen LogP contribution in [0.15, 0.2) is 12.3 Å². The maximum atomic E-state index is 12.7. The van der Waals surface area contributed by atoms with E-state index in [1.165, 1.54) is 0 Å². The molecule has 0 bridgehead atoms. The van der Waals surface area contributed by atoms with E-state index in [9.17, 15) is 9.59 Å². The molecule has 8 heteroatoms. The van der Waals surface area contributed by atoms with Gasteiger partial charge in [-0.1, -0.05) is 0 Å². The molecule has 0 aromatic carbocycles. The van der Waals surface area contributed by atoms with E-state index in [2.05, 4.69) is 15.3 Å². The fourth-order valence-corrected chi connectivity index (χ4v) is 3.03. The van der Waals surface area contributed by atoms with E-state index in [0.717, 1.165) is 0 Å². The Balaban J connectivity index is 1.61. The number of carbonyl (C=O) groups is 2. The fourth-order valence-electron chi connectivity index (χ4n) is 3.03. The molecule has 0 radical (unpaired) electrons. The van der Waals surface area contributed by atoms with Gasteiger partial charge in [0.25, 0.3) is 0 Å². The minimum atomic E-state index is -0.817. The molecule has 1 saturated carbocycles. The molecule has 1 saturated heterocycles. The molecule has 2 fully saturated rings. The van der Waals surface area contributed by atoms with Crippen molar-refractivity contribution in [3.8, 4) is 5.88 Å². The summed E-state index contributed by atoms with van der Waals surface area (Å²) >= 11 is 0. The largest absolute Gasteiger partial charge is 0.478 e. The van der Waals surface area contributed by atoms with Gasteiger partial charge in [0, 0.05) is 45.5 Å². The van der Waals surface area contributed by atoms with Gasteiger partial charge in [-0.25, -0.2) is 4.98 Å². The lowest BCUT2D eigenvalue weighted by Gasteiger charge is -2.36. The molecule has 2 heterocycles. The number of hydrogen-bond acceptors (Lipinski definition) is 6. The Hall–Kier alpha value is -2.38. The first-order valence-electron chi connectivity index (χ1n) is 8.33. The molecular formula is C16H23N5O3. The number of hydrogen-bond donors (Lipinski definition) is 1. The topological polar surface area (TPSA) is 87.7 Å². The van der Waals surface area contributed by atoms with Gasteiger partial charge in [0.05, 0.1) is 6.61 Å². The molecule has 2 aliphatic rings. The normalized spacial score (nSPS) is 18.9. The predicted octanol–water partition coefficient (Wildman–Crippen LogP) is 0.0501. The van der Waals surface area contributed by atoms with Crippen molar-refractivity contribution in [3.63, 3.8) is 0 Å². The second-order valence-corrected chi connectivity index (χ2v) is 6.07. The highest BCUT2D eigenvalue weighted by molar-refractivity contribution is 6.07. The maximum absolute atomic E-state index is 12.7. The van der Waals surface area contributed by atoms with Crippen molar-refractivity contribution in [2.24, 2.45) is 5.41 Å². The van der Waals surface area contributed by atoms with Gasteiger partial charge in [-0.2, -0.15) is 4.98 Å². The summed E-state index contributed by atoms with van der Waals surface area (Å²) in [6.07, 6.45) is 2.96. The average molecular weight is 333 g/mol. The first-order valence-corrected chi connectivity index (χ1v) is 8.33. The van der Waals surface area contributed by atoms with Crippen LogP contribution in [0.2, 0.25) is 0 Å². The van der Waals surface area contributed by atoms with Crippen LogP contribution in [0, 0.1) is 5.41 Å². The van der Waals surface area contributed by atoms with E-state index in [-0.39, 0.29) is 11.8 Å². The van der Waals surface area contributed by atoms with E-state index < -0.39 is 5.41 Å². The molecule has 1 aliphatic carbocycles. The zero-order valence-electron chi connectivity index (χ0n) is 14.1. The van der Waals surface area contributed by atoms with Gasteiger partial charge in [-0.3, -0.25) is 9.59 Å². The monoisotopic (exact) mass is 333 g/mol. The van der Waals surface area contributed by atoms with Crippen molar-refractivity contribution in [3.05, 3.63) is 12.3 Å². The molecule has 0 atom stereocenters. The predicted molar refractivity (Wildman–Crippen MR) is 87.7 cm³/mol. The van der Waals surface area contributed by atoms with Crippen molar-refractivity contribution in [1.29, 1.82) is 0 Å². The van der Waals surface area contributed by atoms with Crippen LogP contribution in [-0.2, 0) is 9.59 Å². The first kappa shape index (κ1) is 16.5. The molecule has 0 spiro atoms. The summed E-state index contributed by atoms with van der Waals surface area (Å²) in [7, 11) is 1.58. The molecule has 1 N–H and O–H groups in total. The van der Waals surface area contributed by atoms with Crippen LogP contribution in [0.1, 0.15) is 19.8 Å². The van der Waals surface area contributed by atoms with E-state index in [0.29, 0.717) is 57.5 Å². The summed E-state index contributed by atoms with van der Waals surface area (Å²) in [5, 5.41) is 2.61. The minimum absolute atomic E-state index is 0.0505. The first-order chi connectivity index (χ1) is 11.6. The number of nitrogens with zero attached hydrogens (tertiary/aromatic N) is 4. The smallest absolute Gasteiger partial charge is 0.238 e. The Bertz CT molecular complexity index is 624.